The van der Waals surface area contributed by atoms with Gasteiger partial charge >= 0.3 is 0 Å². The fourth-order valence-corrected chi connectivity index (χ4v) is 1.96. The molecule has 0 bridgehead atoms. The molecule has 1 aliphatic rings. The summed E-state index contributed by atoms with van der Waals surface area (Å²) in [5.41, 5.74) is 7.63. The Bertz CT molecular complexity index is 281. The third-order valence-corrected chi connectivity index (χ3v) is 2.86. The zero-order valence-electron chi connectivity index (χ0n) is 7.95. The monoisotopic (exact) mass is 180 g/mol. The molecular weight excluding hydrogens is 164 g/mol. The maximum Gasteiger partial charge on any atom is 0.0730 e. The van der Waals surface area contributed by atoms with Crippen LogP contribution in [0.5, 0.6) is 0 Å². The molecule has 0 amide bonds. The summed E-state index contributed by atoms with van der Waals surface area (Å²) in [6, 6.07) is 0.641. The third-order valence-electron chi connectivity index (χ3n) is 2.86. The van der Waals surface area contributed by atoms with Crippen LogP contribution in [0.1, 0.15) is 18.5 Å². The molecule has 1 aliphatic heterocycles. The number of nitrogens with zero attached hydrogens (tertiary/aromatic N) is 2. The number of nitrogens with one attached hydrogen (secondary N) is 1. The van der Waals surface area contributed by atoms with E-state index in [9.17, 15) is 0 Å². The number of nitrogen functional groups attached to an aromatic ring is 1. The van der Waals surface area contributed by atoms with E-state index in [4.69, 9.17) is 5.73 Å². The number of nitrogens with two attached hydrogens (primary N) is 1. The molecule has 4 heteroatoms. The number of hydrogen-bond donors (Lipinski definition) is 2. The Balaban J connectivity index is 2.01. The first kappa shape index (κ1) is 8.56. The molecule has 1 saturated heterocycles. The Labute approximate surface area is 78.1 Å². The highest BCUT2D eigenvalue weighted by atomic mass is 15.2. The summed E-state index contributed by atoms with van der Waals surface area (Å²) in [6.07, 6.45) is 5.26. The smallest absolute Gasteiger partial charge is 0.0730 e. The van der Waals surface area contributed by atoms with Crippen molar-refractivity contribution >= 4 is 5.69 Å². The molecular formula is C9H16N4. The molecule has 4 nitrogen and oxygen atoms in total. The molecule has 1 aromatic heterocycles. The highest BCUT2D eigenvalue weighted by Gasteiger charge is 2.22. The fraction of sp³-hybridized carbons (Fsp3) is 0.667. The van der Waals surface area contributed by atoms with Crippen molar-refractivity contribution in [2.24, 2.45) is 0 Å². The molecule has 72 valence electrons. The van der Waals surface area contributed by atoms with Gasteiger partial charge in [0, 0.05) is 12.5 Å². The van der Waals surface area contributed by atoms with Crippen molar-refractivity contribution in [3.05, 3.63) is 11.9 Å². The summed E-state index contributed by atoms with van der Waals surface area (Å²) in [6.45, 7) is 1.21. The molecule has 3 N–H and O–H groups in total. The summed E-state index contributed by atoms with van der Waals surface area (Å²) in [5.74, 6) is 0. The van der Waals surface area contributed by atoms with Gasteiger partial charge in [0.05, 0.1) is 17.6 Å². The molecule has 0 spiro atoms. The van der Waals surface area contributed by atoms with Crippen molar-refractivity contribution in [3.8, 4) is 0 Å². The zero-order chi connectivity index (χ0) is 9.26. The van der Waals surface area contributed by atoms with E-state index in [1.54, 1.807) is 6.20 Å². The second kappa shape index (κ2) is 3.38. The number of aromatic nitrogens is 2. The lowest BCUT2D eigenvalue weighted by atomic mass is 10.1. The van der Waals surface area contributed by atoms with E-state index in [2.05, 4.69) is 22.1 Å². The molecule has 13 heavy (non-hydrogen) atoms. The second-order valence-corrected chi connectivity index (χ2v) is 3.78. The van der Waals surface area contributed by atoms with Crippen LogP contribution in [0.4, 0.5) is 5.69 Å². The number of likely N-dealkylation sites (N-methyl/N-ethyl adjacent to an activating group) is 1. The quantitative estimate of drug-likeness (QED) is 0.701. The van der Waals surface area contributed by atoms with E-state index in [-0.39, 0.29) is 0 Å². The SMILES string of the molecule is CN1CCCC1Cc1[nH]ncc1N. The summed E-state index contributed by atoms with van der Waals surface area (Å²) < 4.78 is 0. The van der Waals surface area contributed by atoms with Gasteiger partial charge in [-0.3, -0.25) is 5.10 Å². The first-order valence-electron chi connectivity index (χ1n) is 4.75. The lowest BCUT2D eigenvalue weighted by molar-refractivity contribution is 0.308. The number of aromatic amines is 1. The molecule has 1 fully saturated rings. The van der Waals surface area contributed by atoms with Gasteiger partial charge in [0.25, 0.3) is 0 Å². The molecule has 0 aliphatic carbocycles. The summed E-state index contributed by atoms with van der Waals surface area (Å²) in [5, 5.41) is 6.87. The highest BCUT2D eigenvalue weighted by Crippen LogP contribution is 2.20. The molecule has 2 heterocycles. The molecule has 0 radical (unpaired) electrons. The lowest BCUT2D eigenvalue weighted by Crippen LogP contribution is -2.27. The van der Waals surface area contributed by atoms with E-state index in [0.717, 1.165) is 17.8 Å². The van der Waals surface area contributed by atoms with E-state index in [1.165, 1.54) is 19.4 Å². The van der Waals surface area contributed by atoms with Gasteiger partial charge in [0.2, 0.25) is 0 Å². The van der Waals surface area contributed by atoms with Gasteiger partial charge < -0.3 is 10.6 Å². The first-order chi connectivity index (χ1) is 6.27. The second-order valence-electron chi connectivity index (χ2n) is 3.78. The molecule has 0 saturated carbocycles. The van der Waals surface area contributed by atoms with Crippen LogP contribution in [0, 0.1) is 0 Å². The highest BCUT2D eigenvalue weighted by molar-refractivity contribution is 5.40. The van der Waals surface area contributed by atoms with Crippen LogP contribution in [-0.4, -0.2) is 34.7 Å². The van der Waals surface area contributed by atoms with Gasteiger partial charge in [0.15, 0.2) is 0 Å². The molecule has 2 rings (SSSR count). The largest absolute Gasteiger partial charge is 0.396 e. The minimum atomic E-state index is 0.641. The molecule has 0 aromatic carbocycles. The lowest BCUT2D eigenvalue weighted by Gasteiger charge is -2.18. The average molecular weight is 180 g/mol. The van der Waals surface area contributed by atoms with Crippen LogP contribution >= 0.6 is 0 Å². The Kier molecular flexibility index (Phi) is 2.22. The topological polar surface area (TPSA) is 57.9 Å². The predicted octanol–water partition coefficient (Wildman–Crippen LogP) is 0.629. The minimum absolute atomic E-state index is 0.641. The van der Waals surface area contributed by atoms with E-state index >= 15 is 0 Å². The van der Waals surface area contributed by atoms with Crippen LogP contribution in [0.15, 0.2) is 6.20 Å². The molecule has 1 unspecified atom stereocenters. The number of rotatable bonds is 2. The van der Waals surface area contributed by atoms with Crippen molar-refractivity contribution in [2.45, 2.75) is 25.3 Å². The van der Waals surface area contributed by atoms with Gasteiger partial charge in [-0.25, -0.2) is 0 Å². The number of likely N-dealkylation sites (tertiary alicyclic amines) is 1. The van der Waals surface area contributed by atoms with Crippen LogP contribution in [0.2, 0.25) is 0 Å². The van der Waals surface area contributed by atoms with Gasteiger partial charge in [-0.05, 0) is 26.4 Å². The minimum Gasteiger partial charge on any atom is -0.396 e. The summed E-state index contributed by atoms with van der Waals surface area (Å²) >= 11 is 0. The van der Waals surface area contributed by atoms with Gasteiger partial charge in [-0.15, -0.1) is 0 Å². The standard InChI is InChI=1S/C9H16N4/c1-13-4-2-3-7(13)5-9-8(10)6-11-12-9/h6-7H,2-5,10H2,1H3,(H,11,12). The van der Waals surface area contributed by atoms with Crippen LogP contribution in [0.3, 0.4) is 0 Å². The van der Waals surface area contributed by atoms with E-state index < -0.39 is 0 Å². The van der Waals surface area contributed by atoms with Crippen molar-refractivity contribution in [2.75, 3.05) is 19.3 Å². The Morgan fingerprint density at radius 1 is 1.77 bits per heavy atom. The van der Waals surface area contributed by atoms with Crippen LogP contribution in [0.25, 0.3) is 0 Å². The summed E-state index contributed by atoms with van der Waals surface area (Å²) in [4.78, 5) is 2.39. The number of hydrogen-bond acceptors (Lipinski definition) is 3. The van der Waals surface area contributed by atoms with Crippen molar-refractivity contribution < 1.29 is 0 Å². The third kappa shape index (κ3) is 1.67. The van der Waals surface area contributed by atoms with Crippen molar-refractivity contribution in [3.63, 3.8) is 0 Å². The Hall–Kier alpha value is -1.03. The van der Waals surface area contributed by atoms with Crippen LogP contribution < -0.4 is 5.73 Å². The Morgan fingerprint density at radius 3 is 3.15 bits per heavy atom. The van der Waals surface area contributed by atoms with Gasteiger partial charge in [-0.1, -0.05) is 0 Å². The normalized spacial score (nSPS) is 23.9. The maximum atomic E-state index is 5.75. The van der Waals surface area contributed by atoms with Crippen molar-refractivity contribution in [1.82, 2.24) is 15.1 Å². The fourth-order valence-electron chi connectivity index (χ4n) is 1.96. The molecule has 1 aromatic rings. The van der Waals surface area contributed by atoms with Gasteiger partial charge in [0.1, 0.15) is 0 Å². The van der Waals surface area contributed by atoms with E-state index in [0.29, 0.717) is 6.04 Å². The van der Waals surface area contributed by atoms with E-state index in [1.807, 2.05) is 0 Å². The number of anilines is 1. The first-order valence-corrected chi connectivity index (χ1v) is 4.75. The zero-order valence-corrected chi connectivity index (χ0v) is 7.95. The van der Waals surface area contributed by atoms with Gasteiger partial charge in [-0.2, -0.15) is 5.10 Å². The molecule has 1 atom stereocenters. The average Bonchev–Trinajstić information content (AvgIpc) is 2.65. The maximum absolute atomic E-state index is 5.75. The number of H-pyrrole nitrogens is 1. The summed E-state index contributed by atoms with van der Waals surface area (Å²) in [7, 11) is 2.17. The predicted molar refractivity (Wildman–Crippen MR) is 52.4 cm³/mol. The van der Waals surface area contributed by atoms with Crippen molar-refractivity contribution in [1.29, 1.82) is 0 Å². The van der Waals surface area contributed by atoms with Crippen LogP contribution in [-0.2, 0) is 6.42 Å². The Morgan fingerprint density at radius 2 is 2.62 bits per heavy atom.